The predicted molar refractivity (Wildman–Crippen MR) is 107 cm³/mol. The first-order valence-corrected chi connectivity index (χ1v) is 10.4. The third-order valence-corrected chi connectivity index (χ3v) is 4.79. The Morgan fingerprint density at radius 3 is 2.12 bits per heavy atom. The fraction of sp³-hybridized carbons (Fsp3) is 0.696. The molecule has 2 nitrogen and oxygen atoms in total. The molecule has 0 spiro atoms. The molecule has 1 rings (SSSR count). The Morgan fingerprint density at radius 1 is 0.880 bits per heavy atom. The molecule has 0 amide bonds. The van der Waals surface area contributed by atoms with Crippen LogP contribution in [-0.2, 0) is 4.74 Å². The first-order chi connectivity index (χ1) is 12.2. The minimum atomic E-state index is -0.163. The van der Waals surface area contributed by atoms with Crippen molar-refractivity contribution in [2.24, 2.45) is 0 Å². The van der Waals surface area contributed by atoms with E-state index in [1.54, 1.807) is 0 Å². The number of esters is 1. The van der Waals surface area contributed by atoms with Crippen molar-refractivity contribution in [2.75, 3.05) is 0 Å². The Morgan fingerprint density at radius 2 is 1.48 bits per heavy atom. The molecule has 0 aliphatic rings. The fourth-order valence-electron chi connectivity index (χ4n) is 3.19. The van der Waals surface area contributed by atoms with Gasteiger partial charge in [-0.15, -0.1) is 0 Å². The molecule has 1 aromatic carbocycles. The normalized spacial score (nSPS) is 12.1. The second-order valence-corrected chi connectivity index (χ2v) is 7.30. The van der Waals surface area contributed by atoms with E-state index < -0.39 is 0 Å². The minimum Gasteiger partial charge on any atom is -0.459 e. The molecule has 0 bridgehead atoms. The molecule has 0 radical (unpaired) electrons. The van der Waals surface area contributed by atoms with Crippen LogP contribution in [0.5, 0.6) is 0 Å². The van der Waals surface area contributed by atoms with Crippen LogP contribution in [-0.4, -0.2) is 12.1 Å². The average Bonchev–Trinajstić information content (AvgIpc) is 2.61. The van der Waals surface area contributed by atoms with Gasteiger partial charge in [-0.2, -0.15) is 0 Å². The zero-order valence-electron chi connectivity index (χ0n) is 16.7. The largest absolute Gasteiger partial charge is 0.459 e. The number of hydrogen-bond acceptors (Lipinski definition) is 2. The first-order valence-electron chi connectivity index (χ1n) is 10.4. The Kier molecular flexibility index (Phi) is 12.1. The Balaban J connectivity index is 2.32. The first kappa shape index (κ1) is 21.7. The predicted octanol–water partition coefficient (Wildman–Crippen LogP) is 7.24. The second kappa shape index (κ2) is 13.9. The lowest BCUT2D eigenvalue weighted by Gasteiger charge is -2.18. The van der Waals surface area contributed by atoms with Crippen LogP contribution in [0.1, 0.15) is 107 Å². The van der Waals surface area contributed by atoms with Crippen molar-refractivity contribution in [3.8, 4) is 0 Å². The van der Waals surface area contributed by atoms with E-state index in [1.807, 2.05) is 31.2 Å². The molecule has 142 valence electrons. The Hall–Kier alpha value is -1.31. The zero-order chi connectivity index (χ0) is 18.3. The monoisotopic (exact) mass is 346 g/mol. The topological polar surface area (TPSA) is 26.3 Å². The molecule has 0 fully saturated rings. The number of aryl methyl sites for hydroxylation is 1. The summed E-state index contributed by atoms with van der Waals surface area (Å²) < 4.78 is 5.81. The van der Waals surface area contributed by atoms with Crippen LogP contribution < -0.4 is 0 Å². The maximum absolute atomic E-state index is 12.4. The fourth-order valence-corrected chi connectivity index (χ4v) is 3.19. The second-order valence-electron chi connectivity index (χ2n) is 7.30. The molecular weight excluding hydrogens is 308 g/mol. The van der Waals surface area contributed by atoms with E-state index in [0.29, 0.717) is 5.56 Å². The van der Waals surface area contributed by atoms with Gasteiger partial charge in [0, 0.05) is 0 Å². The van der Waals surface area contributed by atoms with E-state index >= 15 is 0 Å². The van der Waals surface area contributed by atoms with Crippen LogP contribution in [0.25, 0.3) is 0 Å². The van der Waals surface area contributed by atoms with Gasteiger partial charge in [-0.05, 0) is 38.3 Å². The number of carbonyl (C=O) groups is 1. The quantitative estimate of drug-likeness (QED) is 0.262. The summed E-state index contributed by atoms with van der Waals surface area (Å²) in [7, 11) is 0. The van der Waals surface area contributed by atoms with Gasteiger partial charge in [0.2, 0.25) is 0 Å². The van der Waals surface area contributed by atoms with Crippen LogP contribution in [0, 0.1) is 6.92 Å². The highest BCUT2D eigenvalue weighted by molar-refractivity contribution is 5.89. The Labute approximate surface area is 155 Å². The SMILES string of the molecule is CCCCCCCCCCC(CCCC)OC(=O)c1cccc(C)c1. The number of ether oxygens (including phenoxy) is 1. The molecule has 0 aliphatic heterocycles. The molecule has 0 aliphatic carbocycles. The standard InChI is InChI=1S/C23H38O2/c1-4-6-8-9-10-11-12-13-18-22(17-7-5-2)25-23(24)21-16-14-15-20(3)19-21/h14-16,19,22H,4-13,17-18H2,1-3H3. The third kappa shape index (κ3) is 10.3. The smallest absolute Gasteiger partial charge is 0.338 e. The van der Waals surface area contributed by atoms with Gasteiger partial charge in [0.1, 0.15) is 6.10 Å². The van der Waals surface area contributed by atoms with Gasteiger partial charge in [0.15, 0.2) is 0 Å². The van der Waals surface area contributed by atoms with Crippen LogP contribution in [0.4, 0.5) is 0 Å². The lowest BCUT2D eigenvalue weighted by Crippen LogP contribution is -2.18. The number of unbranched alkanes of at least 4 members (excludes halogenated alkanes) is 8. The molecule has 0 aromatic heterocycles. The third-order valence-electron chi connectivity index (χ3n) is 4.79. The van der Waals surface area contributed by atoms with Crippen LogP contribution in [0.2, 0.25) is 0 Å². The number of carbonyl (C=O) groups excluding carboxylic acids is 1. The van der Waals surface area contributed by atoms with Crippen LogP contribution >= 0.6 is 0 Å². The van der Waals surface area contributed by atoms with Crippen molar-refractivity contribution in [3.05, 3.63) is 35.4 Å². The van der Waals surface area contributed by atoms with Crippen LogP contribution in [0.15, 0.2) is 24.3 Å². The number of hydrogen-bond donors (Lipinski definition) is 0. The summed E-state index contributed by atoms with van der Waals surface area (Å²) in [6.45, 7) is 6.45. The lowest BCUT2D eigenvalue weighted by atomic mass is 10.0. The molecule has 0 saturated heterocycles. The summed E-state index contributed by atoms with van der Waals surface area (Å²) in [5.41, 5.74) is 1.78. The molecular formula is C23H38O2. The summed E-state index contributed by atoms with van der Waals surface area (Å²) in [5.74, 6) is -0.163. The van der Waals surface area contributed by atoms with E-state index in [-0.39, 0.29) is 12.1 Å². The zero-order valence-corrected chi connectivity index (χ0v) is 16.7. The molecule has 1 unspecified atom stereocenters. The van der Waals surface area contributed by atoms with Gasteiger partial charge in [-0.3, -0.25) is 0 Å². The van der Waals surface area contributed by atoms with E-state index in [9.17, 15) is 4.79 Å². The maximum atomic E-state index is 12.4. The molecule has 0 heterocycles. The van der Waals surface area contributed by atoms with Gasteiger partial charge >= 0.3 is 5.97 Å². The summed E-state index contributed by atoms with van der Waals surface area (Å²) in [6, 6.07) is 7.69. The van der Waals surface area contributed by atoms with Gasteiger partial charge in [0.05, 0.1) is 5.56 Å². The van der Waals surface area contributed by atoms with Crippen molar-refractivity contribution < 1.29 is 9.53 Å². The van der Waals surface area contributed by atoms with Crippen molar-refractivity contribution in [2.45, 2.75) is 104 Å². The summed E-state index contributed by atoms with van der Waals surface area (Å²) in [6.07, 6.45) is 14.9. The number of benzene rings is 1. The Bertz CT molecular complexity index is 467. The summed E-state index contributed by atoms with van der Waals surface area (Å²) in [5, 5.41) is 0. The van der Waals surface area contributed by atoms with Gasteiger partial charge < -0.3 is 4.74 Å². The maximum Gasteiger partial charge on any atom is 0.338 e. The van der Waals surface area contributed by atoms with Gasteiger partial charge in [-0.25, -0.2) is 4.79 Å². The van der Waals surface area contributed by atoms with Gasteiger partial charge in [0.25, 0.3) is 0 Å². The molecule has 0 N–H and O–H groups in total. The van der Waals surface area contributed by atoms with Crippen molar-refractivity contribution in [1.82, 2.24) is 0 Å². The van der Waals surface area contributed by atoms with Crippen molar-refractivity contribution in [3.63, 3.8) is 0 Å². The number of rotatable bonds is 14. The average molecular weight is 347 g/mol. The van der Waals surface area contributed by atoms with Gasteiger partial charge in [-0.1, -0.05) is 89.3 Å². The van der Waals surface area contributed by atoms with Crippen LogP contribution in [0.3, 0.4) is 0 Å². The highest BCUT2D eigenvalue weighted by Gasteiger charge is 2.15. The van der Waals surface area contributed by atoms with Crippen molar-refractivity contribution >= 4 is 5.97 Å². The molecule has 25 heavy (non-hydrogen) atoms. The van der Waals surface area contributed by atoms with E-state index in [1.165, 1.54) is 51.4 Å². The minimum absolute atomic E-state index is 0.0769. The summed E-state index contributed by atoms with van der Waals surface area (Å²) >= 11 is 0. The van der Waals surface area contributed by atoms with E-state index in [4.69, 9.17) is 4.74 Å². The molecule has 0 saturated carbocycles. The van der Waals surface area contributed by atoms with E-state index in [2.05, 4.69) is 13.8 Å². The molecule has 1 atom stereocenters. The molecule has 2 heteroatoms. The highest BCUT2D eigenvalue weighted by atomic mass is 16.5. The lowest BCUT2D eigenvalue weighted by molar-refractivity contribution is 0.0250. The van der Waals surface area contributed by atoms with Crippen molar-refractivity contribution in [1.29, 1.82) is 0 Å². The highest BCUT2D eigenvalue weighted by Crippen LogP contribution is 2.17. The molecule has 1 aromatic rings. The summed E-state index contributed by atoms with van der Waals surface area (Å²) in [4.78, 5) is 12.4. The van der Waals surface area contributed by atoms with E-state index in [0.717, 1.165) is 31.2 Å².